The number of esters is 1. The molecule has 5 rings (SSSR count). The van der Waals surface area contributed by atoms with E-state index in [0.717, 1.165) is 11.3 Å². The van der Waals surface area contributed by atoms with Crippen LogP contribution in [0.1, 0.15) is 36.8 Å². The number of ether oxygens (including phenoxy) is 1. The maximum Gasteiger partial charge on any atom is 0.338 e. The fourth-order valence-corrected chi connectivity index (χ4v) is 6.21. The molecule has 0 saturated carbocycles. The lowest BCUT2D eigenvalue weighted by Crippen LogP contribution is -2.40. The summed E-state index contributed by atoms with van der Waals surface area (Å²) in [5, 5.41) is 22.8. The summed E-state index contributed by atoms with van der Waals surface area (Å²) >= 11 is 4.41. The molecule has 0 radical (unpaired) electrons. The summed E-state index contributed by atoms with van der Waals surface area (Å²) in [5.41, 5.74) is 1.11. The van der Waals surface area contributed by atoms with E-state index in [1.807, 2.05) is 0 Å². The molecule has 2 aromatic carbocycles. The Morgan fingerprint density at radius 3 is 2.57 bits per heavy atom. The van der Waals surface area contributed by atoms with Crippen LogP contribution < -0.4 is 14.9 Å². The lowest BCUT2D eigenvalue weighted by Gasteiger charge is -2.24. The molecule has 0 saturated heterocycles. The first-order chi connectivity index (χ1) is 20.0. The van der Waals surface area contributed by atoms with E-state index in [-0.39, 0.29) is 28.1 Å². The van der Waals surface area contributed by atoms with E-state index in [9.17, 15) is 29.8 Å². The van der Waals surface area contributed by atoms with Crippen molar-refractivity contribution in [2.24, 2.45) is 4.99 Å². The Hall–Kier alpha value is -4.69. The van der Waals surface area contributed by atoms with Crippen LogP contribution in [0.2, 0.25) is 0 Å². The number of aryl methyl sites for hydroxylation is 1. The molecule has 12 nitrogen and oxygen atoms in total. The SMILES string of the molecule is CCOC(=O)C1=C(C)N=c2s/c(=C/c3ccc(-c4ccc([N+](=O)[O-])cc4Br)o3)c(=O)n2[C@@H]1c1ccc(C)c([N+](=O)[O-])c1. The van der Waals surface area contributed by atoms with E-state index in [1.54, 1.807) is 51.1 Å². The zero-order valence-corrected chi connectivity index (χ0v) is 24.7. The number of nitro groups is 2. The number of carbonyl (C=O) groups is 1. The third-order valence-corrected chi connectivity index (χ3v) is 8.23. The first kappa shape index (κ1) is 28.8. The van der Waals surface area contributed by atoms with Gasteiger partial charge in [-0.1, -0.05) is 23.5 Å². The maximum atomic E-state index is 13.8. The number of halogens is 1. The van der Waals surface area contributed by atoms with E-state index >= 15 is 0 Å². The molecule has 0 spiro atoms. The van der Waals surface area contributed by atoms with Crippen LogP contribution in [-0.4, -0.2) is 27.0 Å². The maximum absolute atomic E-state index is 13.8. The minimum absolute atomic E-state index is 0.0792. The summed E-state index contributed by atoms with van der Waals surface area (Å²) in [5.74, 6) is 0.0797. The summed E-state index contributed by atoms with van der Waals surface area (Å²) in [6.45, 7) is 4.97. The molecule has 0 amide bonds. The molecule has 0 N–H and O–H groups in total. The Labute approximate surface area is 249 Å². The number of rotatable bonds is 7. The van der Waals surface area contributed by atoms with E-state index in [1.165, 1.54) is 28.8 Å². The number of hydrogen-bond donors (Lipinski definition) is 0. The lowest BCUT2D eigenvalue weighted by atomic mass is 9.94. The second-order valence-electron chi connectivity index (χ2n) is 9.23. The molecule has 214 valence electrons. The van der Waals surface area contributed by atoms with Crippen LogP contribution in [-0.2, 0) is 9.53 Å². The molecule has 1 aliphatic rings. The molecule has 4 aromatic rings. The molecular formula is C28H21BrN4O8S. The van der Waals surface area contributed by atoms with Gasteiger partial charge in [0.15, 0.2) is 4.80 Å². The van der Waals surface area contributed by atoms with Gasteiger partial charge >= 0.3 is 5.97 Å². The zero-order chi connectivity index (χ0) is 30.3. The van der Waals surface area contributed by atoms with Crippen molar-refractivity contribution in [2.45, 2.75) is 26.8 Å². The van der Waals surface area contributed by atoms with Gasteiger partial charge in [-0.2, -0.15) is 0 Å². The Morgan fingerprint density at radius 1 is 1.14 bits per heavy atom. The van der Waals surface area contributed by atoms with E-state index in [2.05, 4.69) is 20.9 Å². The van der Waals surface area contributed by atoms with Crippen molar-refractivity contribution in [1.82, 2.24) is 4.57 Å². The average molecular weight is 653 g/mol. The number of fused-ring (bicyclic) bond motifs is 1. The predicted octanol–water partition coefficient (Wildman–Crippen LogP) is 4.95. The van der Waals surface area contributed by atoms with Crippen molar-refractivity contribution in [3.63, 3.8) is 0 Å². The summed E-state index contributed by atoms with van der Waals surface area (Å²) in [6, 6.07) is 11.2. The number of nitro benzene ring substituents is 2. The van der Waals surface area contributed by atoms with Gasteiger partial charge in [0.25, 0.3) is 16.9 Å². The second-order valence-corrected chi connectivity index (χ2v) is 11.1. The van der Waals surface area contributed by atoms with Gasteiger partial charge < -0.3 is 9.15 Å². The summed E-state index contributed by atoms with van der Waals surface area (Å²) in [4.78, 5) is 53.4. The minimum Gasteiger partial charge on any atom is -0.463 e. The fraction of sp³-hybridized carbons (Fsp3) is 0.179. The molecular weight excluding hydrogens is 632 g/mol. The number of furan rings is 1. The van der Waals surface area contributed by atoms with Gasteiger partial charge in [-0.3, -0.25) is 29.6 Å². The third-order valence-electron chi connectivity index (χ3n) is 6.59. The topological polar surface area (TPSA) is 160 Å². The van der Waals surface area contributed by atoms with Gasteiger partial charge in [-0.25, -0.2) is 9.79 Å². The smallest absolute Gasteiger partial charge is 0.338 e. The molecule has 1 atom stereocenters. The Bertz CT molecular complexity index is 2010. The van der Waals surface area contributed by atoms with Gasteiger partial charge in [0.05, 0.1) is 38.3 Å². The van der Waals surface area contributed by atoms with Crippen LogP contribution in [0, 0.1) is 27.2 Å². The van der Waals surface area contributed by atoms with Gasteiger partial charge in [-0.05, 0) is 60.5 Å². The molecule has 0 fully saturated rings. The number of nitrogens with zero attached hydrogens (tertiary/aromatic N) is 4. The number of thiazole rings is 1. The van der Waals surface area contributed by atoms with Crippen molar-refractivity contribution in [3.8, 4) is 11.3 Å². The first-order valence-electron chi connectivity index (χ1n) is 12.5. The number of benzene rings is 2. The van der Waals surface area contributed by atoms with Crippen molar-refractivity contribution < 1.29 is 23.8 Å². The zero-order valence-electron chi connectivity index (χ0n) is 22.3. The lowest BCUT2D eigenvalue weighted by molar-refractivity contribution is -0.385. The van der Waals surface area contributed by atoms with E-state index < -0.39 is 27.4 Å². The Kier molecular flexibility index (Phi) is 7.75. The number of non-ortho nitro benzene ring substituents is 1. The van der Waals surface area contributed by atoms with Crippen molar-refractivity contribution in [3.05, 3.63) is 121 Å². The predicted molar refractivity (Wildman–Crippen MR) is 157 cm³/mol. The number of carbonyl (C=O) groups excluding carboxylic acids is 1. The Morgan fingerprint density at radius 2 is 1.90 bits per heavy atom. The standard InChI is InChI=1S/C28H21BrN4O8S/c1-4-40-27(35)24-15(3)30-28-31(25(24)16-6-5-14(2)21(11-16)33(38)39)26(34)23(42-28)13-18-8-10-22(41-18)19-9-7-17(32(36)37)12-20(19)29/h5-13,25H,4H2,1-3H3/b23-13+/t25-/m1/s1. The highest BCUT2D eigenvalue weighted by atomic mass is 79.9. The van der Waals surface area contributed by atoms with Gasteiger partial charge in [0.1, 0.15) is 11.5 Å². The van der Waals surface area contributed by atoms with Crippen molar-refractivity contribution in [1.29, 1.82) is 0 Å². The number of aromatic nitrogens is 1. The van der Waals surface area contributed by atoms with Crippen molar-refractivity contribution >= 4 is 50.7 Å². The van der Waals surface area contributed by atoms with E-state index in [4.69, 9.17) is 9.15 Å². The molecule has 2 aromatic heterocycles. The van der Waals surface area contributed by atoms with Gasteiger partial charge in [0, 0.05) is 39.9 Å². The molecule has 1 aliphatic heterocycles. The third kappa shape index (κ3) is 5.21. The average Bonchev–Trinajstić information content (AvgIpc) is 3.52. The van der Waals surface area contributed by atoms with Crippen LogP contribution in [0.15, 0.2) is 78.5 Å². The summed E-state index contributed by atoms with van der Waals surface area (Å²) < 4.78 is 13.3. The largest absolute Gasteiger partial charge is 0.463 e. The fourth-order valence-electron chi connectivity index (χ4n) is 4.62. The quantitative estimate of drug-likeness (QED) is 0.154. The molecule has 0 aliphatic carbocycles. The van der Waals surface area contributed by atoms with Crippen LogP contribution in [0.3, 0.4) is 0 Å². The molecule has 42 heavy (non-hydrogen) atoms. The van der Waals surface area contributed by atoms with Crippen LogP contribution in [0.25, 0.3) is 17.4 Å². The molecule has 3 heterocycles. The monoisotopic (exact) mass is 652 g/mol. The van der Waals surface area contributed by atoms with Crippen LogP contribution in [0.4, 0.5) is 11.4 Å². The number of allylic oxidation sites excluding steroid dienone is 1. The number of hydrogen-bond acceptors (Lipinski definition) is 10. The van der Waals surface area contributed by atoms with Crippen LogP contribution in [0.5, 0.6) is 0 Å². The molecule has 14 heteroatoms. The molecule has 0 bridgehead atoms. The normalized spacial score (nSPS) is 14.9. The van der Waals surface area contributed by atoms with Crippen LogP contribution >= 0.6 is 27.3 Å². The minimum atomic E-state index is -1.01. The van der Waals surface area contributed by atoms with Gasteiger partial charge in [-0.15, -0.1) is 0 Å². The summed E-state index contributed by atoms with van der Waals surface area (Å²) in [7, 11) is 0. The van der Waals surface area contributed by atoms with Gasteiger partial charge in [0.2, 0.25) is 0 Å². The van der Waals surface area contributed by atoms with Crippen molar-refractivity contribution in [2.75, 3.05) is 6.61 Å². The highest BCUT2D eigenvalue weighted by Gasteiger charge is 2.34. The second kappa shape index (κ2) is 11.3. The van der Waals surface area contributed by atoms with E-state index in [0.29, 0.717) is 43.2 Å². The highest BCUT2D eigenvalue weighted by Crippen LogP contribution is 2.34. The highest BCUT2D eigenvalue weighted by molar-refractivity contribution is 9.10. The molecule has 0 unspecified atom stereocenters. The first-order valence-corrected chi connectivity index (χ1v) is 14.1. The summed E-state index contributed by atoms with van der Waals surface area (Å²) in [6.07, 6.45) is 1.53. The Balaban J connectivity index is 1.64.